The van der Waals surface area contributed by atoms with Gasteiger partial charge >= 0.3 is 0 Å². The van der Waals surface area contributed by atoms with Crippen molar-refractivity contribution in [3.8, 4) is 0 Å². The van der Waals surface area contributed by atoms with Gasteiger partial charge in [-0.05, 0) is 32.9 Å². The quantitative estimate of drug-likeness (QED) is 0.855. The minimum absolute atomic E-state index is 0.0801. The second-order valence-corrected chi connectivity index (χ2v) is 6.67. The summed E-state index contributed by atoms with van der Waals surface area (Å²) in [4.78, 5) is 21.3. The van der Waals surface area contributed by atoms with Crippen molar-refractivity contribution in [2.24, 2.45) is 0 Å². The van der Waals surface area contributed by atoms with Crippen molar-refractivity contribution in [2.45, 2.75) is 26.8 Å². The number of carbonyl (C=O) groups excluding carboxylic acids is 1. The van der Waals surface area contributed by atoms with Crippen LogP contribution in [0.5, 0.6) is 0 Å². The third-order valence-electron chi connectivity index (χ3n) is 4.35. The number of aromatic nitrogens is 3. The topological polar surface area (TPSA) is 54.3 Å². The molecule has 6 nitrogen and oxygen atoms in total. The van der Waals surface area contributed by atoms with Gasteiger partial charge in [0.15, 0.2) is 0 Å². The number of anilines is 1. The number of halogens is 1. The van der Waals surface area contributed by atoms with Crippen LogP contribution in [0.4, 0.5) is 5.69 Å². The molecule has 0 bridgehead atoms. The van der Waals surface area contributed by atoms with E-state index in [0.717, 1.165) is 24.5 Å². The molecule has 1 fully saturated rings. The van der Waals surface area contributed by atoms with Crippen LogP contribution in [0.2, 0.25) is 5.02 Å². The van der Waals surface area contributed by atoms with Crippen LogP contribution in [0.25, 0.3) is 0 Å². The van der Waals surface area contributed by atoms with Crippen LogP contribution in [-0.2, 0) is 4.79 Å². The lowest BCUT2D eigenvalue weighted by Crippen LogP contribution is -2.50. The molecule has 0 aliphatic carbocycles. The monoisotopic (exact) mass is 347 g/mol. The lowest BCUT2D eigenvalue weighted by atomic mass is 10.2. The molecule has 0 aromatic carbocycles. The number of carbonyl (C=O) groups is 1. The molecule has 1 atom stereocenters. The molecule has 2 aromatic rings. The first-order valence-electron chi connectivity index (χ1n) is 8.13. The highest BCUT2D eigenvalue weighted by Crippen LogP contribution is 2.20. The van der Waals surface area contributed by atoms with Gasteiger partial charge in [-0.1, -0.05) is 11.6 Å². The van der Waals surface area contributed by atoms with Crippen molar-refractivity contribution in [3.05, 3.63) is 40.9 Å². The van der Waals surface area contributed by atoms with E-state index in [1.165, 1.54) is 5.69 Å². The molecule has 1 unspecified atom stereocenters. The van der Waals surface area contributed by atoms with Gasteiger partial charge in [-0.2, -0.15) is 5.10 Å². The van der Waals surface area contributed by atoms with Gasteiger partial charge in [0, 0.05) is 49.5 Å². The first-order valence-corrected chi connectivity index (χ1v) is 8.50. The number of rotatable bonds is 3. The maximum absolute atomic E-state index is 12.7. The molecule has 1 saturated heterocycles. The highest BCUT2D eigenvalue weighted by molar-refractivity contribution is 6.30. The fraction of sp³-hybridized carbons (Fsp3) is 0.471. The molecule has 0 spiro atoms. The zero-order valence-electron chi connectivity index (χ0n) is 14.2. The standard InChI is InChI=1S/C17H22ClN5O/c1-12-8-16(9-13(2)20-12)21-4-6-22(7-5-21)17(24)14(3)23-11-15(18)10-19-23/h8-11,14H,4-7H2,1-3H3. The molecular weight excluding hydrogens is 326 g/mol. The van der Waals surface area contributed by atoms with Crippen molar-refractivity contribution in [1.29, 1.82) is 0 Å². The summed E-state index contributed by atoms with van der Waals surface area (Å²) in [5.41, 5.74) is 3.22. The Morgan fingerprint density at radius 1 is 1.17 bits per heavy atom. The second kappa shape index (κ2) is 6.81. The van der Waals surface area contributed by atoms with Gasteiger partial charge in [0.05, 0.1) is 11.2 Å². The average Bonchev–Trinajstić information content (AvgIpc) is 2.99. The van der Waals surface area contributed by atoms with E-state index >= 15 is 0 Å². The Bertz CT molecular complexity index is 716. The molecule has 3 rings (SSSR count). The van der Waals surface area contributed by atoms with Crippen molar-refractivity contribution in [3.63, 3.8) is 0 Å². The fourth-order valence-corrected chi connectivity index (χ4v) is 3.23. The summed E-state index contributed by atoms with van der Waals surface area (Å²) in [6, 6.07) is 3.85. The van der Waals surface area contributed by atoms with Crippen molar-refractivity contribution in [1.82, 2.24) is 19.7 Å². The van der Waals surface area contributed by atoms with Gasteiger partial charge in [0.2, 0.25) is 5.91 Å². The molecular formula is C17H22ClN5O. The number of amides is 1. The molecule has 0 saturated carbocycles. The minimum Gasteiger partial charge on any atom is -0.368 e. The molecule has 128 valence electrons. The van der Waals surface area contributed by atoms with Crippen LogP contribution in [0.15, 0.2) is 24.5 Å². The third-order valence-corrected chi connectivity index (χ3v) is 4.54. The summed E-state index contributed by atoms with van der Waals surface area (Å²) >= 11 is 5.89. The SMILES string of the molecule is Cc1cc(N2CCN(C(=O)C(C)n3cc(Cl)cn3)CC2)cc(C)n1. The number of hydrogen-bond acceptors (Lipinski definition) is 4. The predicted octanol–water partition coefficient (Wildman–Crippen LogP) is 2.46. The molecule has 1 amide bonds. The van der Waals surface area contributed by atoms with Crippen molar-refractivity contribution < 1.29 is 4.79 Å². The molecule has 24 heavy (non-hydrogen) atoms. The number of piperazine rings is 1. The highest BCUT2D eigenvalue weighted by atomic mass is 35.5. The van der Waals surface area contributed by atoms with Gasteiger partial charge < -0.3 is 9.80 Å². The van der Waals surface area contributed by atoms with Gasteiger partial charge in [-0.15, -0.1) is 0 Å². The van der Waals surface area contributed by atoms with E-state index < -0.39 is 0 Å². The molecule has 1 aliphatic heterocycles. The lowest BCUT2D eigenvalue weighted by Gasteiger charge is -2.37. The van der Waals surface area contributed by atoms with Gasteiger partial charge in [-0.25, -0.2) is 0 Å². The number of pyridine rings is 1. The Labute approximate surface area is 147 Å². The predicted molar refractivity (Wildman–Crippen MR) is 94.5 cm³/mol. The van der Waals surface area contributed by atoms with E-state index in [-0.39, 0.29) is 11.9 Å². The Balaban J connectivity index is 1.63. The van der Waals surface area contributed by atoms with E-state index in [9.17, 15) is 4.79 Å². The van der Waals surface area contributed by atoms with Crippen molar-refractivity contribution >= 4 is 23.2 Å². The number of nitrogens with zero attached hydrogens (tertiary/aromatic N) is 5. The maximum Gasteiger partial charge on any atom is 0.247 e. The summed E-state index contributed by atoms with van der Waals surface area (Å²) in [6.07, 6.45) is 3.24. The third kappa shape index (κ3) is 3.53. The smallest absolute Gasteiger partial charge is 0.247 e. The number of aryl methyl sites for hydroxylation is 2. The molecule has 0 N–H and O–H groups in total. The van der Waals surface area contributed by atoms with Gasteiger partial charge in [0.1, 0.15) is 6.04 Å². The van der Waals surface area contributed by atoms with E-state index in [4.69, 9.17) is 11.6 Å². The van der Waals surface area contributed by atoms with E-state index in [1.807, 2.05) is 25.7 Å². The Morgan fingerprint density at radius 2 is 1.79 bits per heavy atom. The van der Waals surface area contributed by atoms with Crippen LogP contribution in [-0.4, -0.2) is 51.8 Å². The summed E-state index contributed by atoms with van der Waals surface area (Å²) in [5.74, 6) is 0.0801. The Hall–Kier alpha value is -2.08. The van der Waals surface area contributed by atoms with Crippen LogP contribution in [0.1, 0.15) is 24.4 Å². The molecule has 2 aromatic heterocycles. The summed E-state index contributed by atoms with van der Waals surface area (Å²) in [7, 11) is 0. The lowest BCUT2D eigenvalue weighted by molar-refractivity contribution is -0.134. The first kappa shape index (κ1) is 16.8. The molecule has 3 heterocycles. The van der Waals surface area contributed by atoms with Gasteiger partial charge in [0.25, 0.3) is 0 Å². The fourth-order valence-electron chi connectivity index (χ4n) is 3.08. The maximum atomic E-state index is 12.7. The second-order valence-electron chi connectivity index (χ2n) is 6.23. The minimum atomic E-state index is -0.338. The highest BCUT2D eigenvalue weighted by Gasteiger charge is 2.26. The first-order chi connectivity index (χ1) is 11.4. The molecule has 7 heteroatoms. The zero-order valence-corrected chi connectivity index (χ0v) is 15.0. The summed E-state index contributed by atoms with van der Waals surface area (Å²) in [6.45, 7) is 8.92. The summed E-state index contributed by atoms with van der Waals surface area (Å²) < 4.78 is 1.62. The average molecular weight is 348 g/mol. The van der Waals surface area contributed by atoms with Crippen LogP contribution < -0.4 is 4.90 Å². The Kier molecular flexibility index (Phi) is 4.76. The Morgan fingerprint density at radius 3 is 2.33 bits per heavy atom. The van der Waals surface area contributed by atoms with Crippen LogP contribution in [0.3, 0.4) is 0 Å². The van der Waals surface area contributed by atoms with E-state index in [0.29, 0.717) is 18.1 Å². The molecule has 1 aliphatic rings. The largest absolute Gasteiger partial charge is 0.368 e. The zero-order chi connectivity index (χ0) is 17.3. The molecule has 0 radical (unpaired) electrons. The summed E-state index contributed by atoms with van der Waals surface area (Å²) in [5, 5.41) is 4.68. The van der Waals surface area contributed by atoms with Crippen LogP contribution >= 0.6 is 11.6 Å². The van der Waals surface area contributed by atoms with Crippen molar-refractivity contribution in [2.75, 3.05) is 31.1 Å². The normalized spacial score (nSPS) is 16.3. The van der Waals surface area contributed by atoms with Gasteiger partial charge in [-0.3, -0.25) is 14.5 Å². The van der Waals surface area contributed by atoms with E-state index in [2.05, 4.69) is 27.1 Å². The number of hydrogen-bond donors (Lipinski definition) is 0. The van der Waals surface area contributed by atoms with Crippen LogP contribution in [0, 0.1) is 13.8 Å². The van der Waals surface area contributed by atoms with E-state index in [1.54, 1.807) is 17.1 Å².